The van der Waals surface area contributed by atoms with Crippen LogP contribution in [0.25, 0.3) is 0 Å². The molecule has 2 rings (SSSR count). The average Bonchev–Trinajstić information content (AvgIpc) is 2.85. The Labute approximate surface area is 154 Å². The third-order valence-corrected chi connectivity index (χ3v) is 4.71. The Kier molecular flexibility index (Phi) is 6.27. The summed E-state index contributed by atoms with van der Waals surface area (Å²) in [5.74, 6) is -0.554. The van der Waals surface area contributed by atoms with Crippen LogP contribution in [0.4, 0.5) is 0 Å². The average molecular weight is 387 g/mol. The van der Waals surface area contributed by atoms with E-state index in [0.717, 1.165) is 9.75 Å². The van der Waals surface area contributed by atoms with Crippen molar-refractivity contribution in [3.63, 3.8) is 0 Å². The lowest BCUT2D eigenvalue weighted by Gasteiger charge is -2.14. The number of hydrogen-bond donors (Lipinski definition) is 0. The van der Waals surface area contributed by atoms with Crippen molar-refractivity contribution < 1.29 is 19.1 Å². The fraction of sp³-hybridized carbons (Fsp3) is 0.294. The zero-order chi connectivity index (χ0) is 17.9. The molecule has 0 N–H and O–H groups in total. The van der Waals surface area contributed by atoms with Crippen LogP contribution in [0, 0.1) is 13.8 Å². The molecule has 1 atom stereocenters. The molecule has 0 saturated carbocycles. The van der Waals surface area contributed by atoms with Crippen LogP contribution in [0.5, 0.6) is 5.75 Å². The first kappa shape index (κ1) is 18.8. The molecule has 0 aliphatic carbocycles. The van der Waals surface area contributed by atoms with Crippen LogP contribution < -0.4 is 4.74 Å². The predicted molar refractivity (Wildman–Crippen MR) is 95.6 cm³/mol. The molecular formula is C17H16Cl2O4S. The van der Waals surface area contributed by atoms with E-state index in [1.807, 2.05) is 13.8 Å². The summed E-state index contributed by atoms with van der Waals surface area (Å²) >= 11 is 13.3. The van der Waals surface area contributed by atoms with Gasteiger partial charge in [-0.05, 0) is 45.0 Å². The van der Waals surface area contributed by atoms with Gasteiger partial charge in [-0.25, -0.2) is 4.79 Å². The van der Waals surface area contributed by atoms with E-state index in [9.17, 15) is 9.59 Å². The van der Waals surface area contributed by atoms with Crippen LogP contribution in [-0.2, 0) is 9.53 Å². The largest absolute Gasteiger partial charge is 0.477 e. The second-order valence-electron chi connectivity index (χ2n) is 5.19. The van der Waals surface area contributed by atoms with Gasteiger partial charge in [0.1, 0.15) is 5.75 Å². The van der Waals surface area contributed by atoms with Gasteiger partial charge < -0.3 is 9.47 Å². The monoisotopic (exact) mass is 386 g/mol. The van der Waals surface area contributed by atoms with Gasteiger partial charge in [-0.15, -0.1) is 11.3 Å². The fourth-order valence-corrected chi connectivity index (χ4v) is 3.44. The maximum atomic E-state index is 12.1. The first-order valence-corrected chi connectivity index (χ1v) is 8.73. The van der Waals surface area contributed by atoms with E-state index >= 15 is 0 Å². The highest BCUT2D eigenvalue weighted by Crippen LogP contribution is 2.28. The standard InChI is InChI=1S/C17H16Cl2O4S/c1-9-6-13(11(3)24-9)15(20)8-22-17(21)10(2)23-16-5-4-12(18)7-14(16)19/h4-7,10H,8H2,1-3H3/t10-/m1/s1. The number of aryl methyl sites for hydroxylation is 2. The molecule has 1 heterocycles. The molecule has 2 aromatic rings. The normalized spacial score (nSPS) is 11.9. The first-order chi connectivity index (χ1) is 11.3. The summed E-state index contributed by atoms with van der Waals surface area (Å²) < 4.78 is 10.5. The SMILES string of the molecule is Cc1cc(C(=O)COC(=O)[C@@H](C)Oc2ccc(Cl)cc2Cl)c(C)s1. The van der Waals surface area contributed by atoms with Crippen molar-refractivity contribution in [2.75, 3.05) is 6.61 Å². The van der Waals surface area contributed by atoms with Crippen LogP contribution in [-0.4, -0.2) is 24.5 Å². The topological polar surface area (TPSA) is 52.6 Å². The van der Waals surface area contributed by atoms with E-state index in [-0.39, 0.29) is 12.4 Å². The van der Waals surface area contributed by atoms with Gasteiger partial charge in [-0.1, -0.05) is 23.2 Å². The number of esters is 1. The van der Waals surface area contributed by atoms with E-state index in [1.54, 1.807) is 18.2 Å². The summed E-state index contributed by atoms with van der Waals surface area (Å²) in [6, 6.07) is 6.48. The number of ketones is 1. The number of carbonyl (C=O) groups excluding carboxylic acids is 2. The van der Waals surface area contributed by atoms with Gasteiger partial charge in [0, 0.05) is 20.3 Å². The first-order valence-electron chi connectivity index (χ1n) is 7.16. The minimum absolute atomic E-state index is 0.234. The van der Waals surface area contributed by atoms with Crippen molar-refractivity contribution in [3.8, 4) is 5.75 Å². The number of halogens is 2. The minimum Gasteiger partial charge on any atom is -0.477 e. The molecule has 0 amide bonds. The molecule has 0 aliphatic heterocycles. The van der Waals surface area contributed by atoms with Crippen molar-refractivity contribution >= 4 is 46.3 Å². The third-order valence-electron chi connectivity index (χ3n) is 3.22. The Morgan fingerprint density at radius 3 is 2.50 bits per heavy atom. The smallest absolute Gasteiger partial charge is 0.347 e. The lowest BCUT2D eigenvalue weighted by molar-refractivity contribution is -0.149. The lowest BCUT2D eigenvalue weighted by Crippen LogP contribution is -2.28. The fourth-order valence-electron chi connectivity index (χ4n) is 2.05. The summed E-state index contributed by atoms with van der Waals surface area (Å²) in [6.07, 6.45) is -0.901. The summed E-state index contributed by atoms with van der Waals surface area (Å²) in [5.41, 5.74) is 0.583. The molecule has 0 aliphatic rings. The number of thiophene rings is 1. The number of benzene rings is 1. The van der Waals surface area contributed by atoms with E-state index in [2.05, 4.69) is 0 Å². The van der Waals surface area contributed by atoms with Crippen LogP contribution in [0.3, 0.4) is 0 Å². The Morgan fingerprint density at radius 2 is 1.92 bits per heavy atom. The number of ether oxygens (including phenoxy) is 2. The molecule has 0 spiro atoms. The highest BCUT2D eigenvalue weighted by atomic mass is 35.5. The maximum Gasteiger partial charge on any atom is 0.347 e. The van der Waals surface area contributed by atoms with Crippen LogP contribution in [0.1, 0.15) is 27.0 Å². The van der Waals surface area contributed by atoms with E-state index in [4.69, 9.17) is 32.7 Å². The van der Waals surface area contributed by atoms with Gasteiger partial charge in [0.25, 0.3) is 0 Å². The maximum absolute atomic E-state index is 12.1. The second-order valence-corrected chi connectivity index (χ2v) is 7.50. The Balaban J connectivity index is 1.92. The van der Waals surface area contributed by atoms with Gasteiger partial charge >= 0.3 is 5.97 Å². The van der Waals surface area contributed by atoms with Gasteiger partial charge in [0.2, 0.25) is 5.78 Å². The Bertz CT molecular complexity index is 770. The van der Waals surface area contributed by atoms with Gasteiger partial charge in [0.05, 0.1) is 5.02 Å². The van der Waals surface area contributed by atoms with Crippen LogP contribution in [0.15, 0.2) is 24.3 Å². The van der Waals surface area contributed by atoms with Crippen molar-refractivity contribution in [3.05, 3.63) is 49.6 Å². The zero-order valence-corrected chi connectivity index (χ0v) is 15.7. The molecule has 7 heteroatoms. The molecule has 0 radical (unpaired) electrons. The van der Waals surface area contributed by atoms with Crippen LogP contribution >= 0.6 is 34.5 Å². The second kappa shape index (κ2) is 8.01. The molecule has 0 saturated heterocycles. The molecule has 128 valence electrons. The highest BCUT2D eigenvalue weighted by Gasteiger charge is 2.20. The number of rotatable bonds is 6. The van der Waals surface area contributed by atoms with Gasteiger partial charge in [-0.2, -0.15) is 0 Å². The minimum atomic E-state index is -0.901. The Morgan fingerprint density at radius 1 is 1.21 bits per heavy atom. The van der Waals surface area contributed by atoms with Crippen LogP contribution in [0.2, 0.25) is 10.0 Å². The van der Waals surface area contributed by atoms with E-state index in [1.165, 1.54) is 24.3 Å². The van der Waals surface area contributed by atoms with Gasteiger partial charge in [-0.3, -0.25) is 4.79 Å². The lowest BCUT2D eigenvalue weighted by atomic mass is 10.2. The Hall–Kier alpha value is -1.56. The summed E-state index contributed by atoms with van der Waals surface area (Å²) in [7, 11) is 0. The summed E-state index contributed by atoms with van der Waals surface area (Å²) in [5, 5.41) is 0.761. The van der Waals surface area contributed by atoms with Gasteiger partial charge in [0.15, 0.2) is 12.7 Å². The van der Waals surface area contributed by atoms with Crippen molar-refractivity contribution in [2.45, 2.75) is 26.9 Å². The molecule has 1 aromatic carbocycles. The van der Waals surface area contributed by atoms with Crippen molar-refractivity contribution in [1.29, 1.82) is 0 Å². The quantitative estimate of drug-likeness (QED) is 0.525. The van der Waals surface area contributed by atoms with E-state index < -0.39 is 12.1 Å². The molecule has 4 nitrogen and oxygen atoms in total. The molecule has 24 heavy (non-hydrogen) atoms. The molecular weight excluding hydrogens is 371 g/mol. The molecule has 0 bridgehead atoms. The van der Waals surface area contributed by atoms with Crippen molar-refractivity contribution in [2.24, 2.45) is 0 Å². The van der Waals surface area contributed by atoms with E-state index in [0.29, 0.717) is 21.4 Å². The predicted octanol–water partition coefficient (Wildman–Crippen LogP) is 4.87. The summed E-state index contributed by atoms with van der Waals surface area (Å²) in [4.78, 5) is 26.0. The third kappa shape index (κ3) is 4.72. The number of Topliss-reactive ketones (excluding diaryl/α,β-unsaturated/α-hetero) is 1. The zero-order valence-electron chi connectivity index (χ0n) is 13.4. The van der Waals surface area contributed by atoms with Crippen molar-refractivity contribution in [1.82, 2.24) is 0 Å². The molecule has 0 unspecified atom stereocenters. The number of carbonyl (C=O) groups is 2. The highest BCUT2D eigenvalue weighted by molar-refractivity contribution is 7.12. The summed E-state index contributed by atoms with van der Waals surface area (Å²) in [6.45, 7) is 4.99. The number of hydrogen-bond acceptors (Lipinski definition) is 5. The molecule has 1 aromatic heterocycles. The molecule has 0 fully saturated rings.